The summed E-state index contributed by atoms with van der Waals surface area (Å²) in [5, 5.41) is 4.65. The maximum absolute atomic E-state index is 11.4. The lowest BCUT2D eigenvalue weighted by Crippen LogP contribution is -2.32. The molecule has 1 aliphatic carbocycles. The van der Waals surface area contributed by atoms with E-state index in [1.165, 1.54) is 25.7 Å². The van der Waals surface area contributed by atoms with Crippen molar-refractivity contribution in [1.29, 1.82) is 0 Å². The van der Waals surface area contributed by atoms with E-state index in [4.69, 9.17) is 10.5 Å². The number of thioether (sulfide) groups is 1. The van der Waals surface area contributed by atoms with Crippen molar-refractivity contribution in [3.63, 3.8) is 0 Å². The third-order valence-corrected chi connectivity index (χ3v) is 4.80. The second-order valence-electron chi connectivity index (χ2n) is 5.43. The van der Waals surface area contributed by atoms with Gasteiger partial charge in [0.25, 0.3) is 0 Å². The van der Waals surface area contributed by atoms with Crippen molar-refractivity contribution in [2.45, 2.75) is 56.9 Å². The largest absolute Gasteiger partial charge is 0.465 e. The van der Waals surface area contributed by atoms with E-state index in [1.807, 2.05) is 0 Å². The molecule has 1 aromatic heterocycles. The maximum atomic E-state index is 11.4. The number of rotatable bonds is 8. The Morgan fingerprint density at radius 3 is 3.05 bits per heavy atom. The molecule has 0 saturated heterocycles. The summed E-state index contributed by atoms with van der Waals surface area (Å²) in [6.07, 6.45) is 7.88. The molecule has 1 aromatic rings. The lowest BCUT2D eigenvalue weighted by Gasteiger charge is -2.10. The molecule has 0 radical (unpaired) electrons. The molecule has 0 spiro atoms. The maximum Gasteiger partial charge on any atom is 0.322 e. The molecule has 0 amide bonds. The first kappa shape index (κ1) is 16.4. The van der Waals surface area contributed by atoms with Crippen LogP contribution in [0.5, 0.6) is 0 Å². The molecule has 1 fully saturated rings. The van der Waals surface area contributed by atoms with E-state index in [1.54, 1.807) is 18.7 Å². The van der Waals surface area contributed by atoms with Crippen LogP contribution in [-0.4, -0.2) is 34.2 Å². The topological polar surface area (TPSA) is 70.1 Å². The van der Waals surface area contributed by atoms with E-state index >= 15 is 0 Å². The number of hydrogen-bond acceptors (Lipinski definition) is 5. The highest BCUT2D eigenvalue weighted by Gasteiger charge is 2.17. The minimum absolute atomic E-state index is 0.302. The van der Waals surface area contributed by atoms with Crippen molar-refractivity contribution in [2.24, 2.45) is 5.73 Å². The summed E-state index contributed by atoms with van der Waals surface area (Å²) in [7, 11) is 0. The fraction of sp³-hybridized carbons (Fsp3) is 0.733. The minimum atomic E-state index is -0.506. The van der Waals surface area contributed by atoms with Crippen LogP contribution in [0.4, 0.5) is 0 Å². The van der Waals surface area contributed by atoms with Gasteiger partial charge in [-0.25, -0.2) is 0 Å². The first-order valence-electron chi connectivity index (χ1n) is 7.74. The standard InChI is InChI=1S/C15H25N3O2S/c1-2-20-15(19)14(16)8-10-21-11-12-7-9-18(17-12)13-5-3-4-6-13/h7,9,13-14H,2-6,8,10-11,16H2,1H3. The second-order valence-corrected chi connectivity index (χ2v) is 6.53. The Balaban J connectivity index is 1.65. The number of carbonyl (C=O) groups is 1. The Kier molecular flexibility index (Phi) is 6.57. The summed E-state index contributed by atoms with van der Waals surface area (Å²) in [6.45, 7) is 2.18. The van der Waals surface area contributed by atoms with E-state index in [0.717, 1.165) is 17.2 Å². The molecule has 6 heteroatoms. The van der Waals surface area contributed by atoms with Gasteiger partial charge < -0.3 is 10.5 Å². The van der Waals surface area contributed by atoms with Gasteiger partial charge in [0.05, 0.1) is 18.3 Å². The summed E-state index contributed by atoms with van der Waals surface area (Å²) < 4.78 is 7.01. The molecule has 1 aliphatic rings. The lowest BCUT2D eigenvalue weighted by atomic mass is 10.2. The Morgan fingerprint density at radius 1 is 1.57 bits per heavy atom. The summed E-state index contributed by atoms with van der Waals surface area (Å²) in [6, 6.07) is 2.19. The van der Waals surface area contributed by atoms with Gasteiger partial charge in [0.1, 0.15) is 6.04 Å². The Hall–Kier alpha value is -1.01. The highest BCUT2D eigenvalue weighted by atomic mass is 32.2. The van der Waals surface area contributed by atoms with Crippen LogP contribution in [-0.2, 0) is 15.3 Å². The van der Waals surface area contributed by atoms with E-state index in [0.29, 0.717) is 19.1 Å². The Labute approximate surface area is 130 Å². The lowest BCUT2D eigenvalue weighted by molar-refractivity contribution is -0.144. The number of carbonyl (C=O) groups excluding carboxylic acids is 1. The first-order chi connectivity index (χ1) is 10.2. The fourth-order valence-corrected chi connectivity index (χ4v) is 3.51. The van der Waals surface area contributed by atoms with Gasteiger partial charge in [-0.3, -0.25) is 9.48 Å². The smallest absolute Gasteiger partial charge is 0.322 e. The average Bonchev–Trinajstić information content (AvgIpc) is 3.14. The molecule has 21 heavy (non-hydrogen) atoms. The molecule has 1 saturated carbocycles. The molecule has 0 aliphatic heterocycles. The van der Waals surface area contributed by atoms with Gasteiger partial charge in [-0.05, 0) is 38.0 Å². The Morgan fingerprint density at radius 2 is 2.33 bits per heavy atom. The molecule has 2 rings (SSSR count). The zero-order valence-electron chi connectivity index (χ0n) is 12.7. The zero-order valence-corrected chi connectivity index (χ0v) is 13.5. The SMILES string of the molecule is CCOC(=O)C(N)CCSCc1ccn(C2CCCC2)n1. The van der Waals surface area contributed by atoms with Gasteiger partial charge in [-0.1, -0.05) is 12.8 Å². The quantitative estimate of drug-likeness (QED) is 0.590. The van der Waals surface area contributed by atoms with Crippen LogP contribution in [0.1, 0.15) is 50.8 Å². The van der Waals surface area contributed by atoms with Crippen molar-refractivity contribution < 1.29 is 9.53 Å². The molecule has 1 atom stereocenters. The van der Waals surface area contributed by atoms with E-state index in [9.17, 15) is 4.79 Å². The predicted molar refractivity (Wildman–Crippen MR) is 85.1 cm³/mol. The van der Waals surface area contributed by atoms with Crippen LogP contribution in [0, 0.1) is 0 Å². The first-order valence-corrected chi connectivity index (χ1v) is 8.90. The molecule has 118 valence electrons. The molecular weight excluding hydrogens is 286 g/mol. The number of hydrogen-bond donors (Lipinski definition) is 1. The molecular formula is C15H25N3O2S. The van der Waals surface area contributed by atoms with Crippen LogP contribution in [0.3, 0.4) is 0 Å². The molecule has 0 bridgehead atoms. The highest BCUT2D eigenvalue weighted by molar-refractivity contribution is 7.98. The van der Waals surface area contributed by atoms with Crippen molar-refractivity contribution >= 4 is 17.7 Å². The number of aromatic nitrogens is 2. The van der Waals surface area contributed by atoms with Crippen LogP contribution in [0.2, 0.25) is 0 Å². The number of nitrogens with two attached hydrogens (primary N) is 1. The van der Waals surface area contributed by atoms with Crippen LogP contribution < -0.4 is 5.73 Å². The predicted octanol–water partition coefficient (Wildman–Crippen LogP) is 2.51. The molecule has 2 N–H and O–H groups in total. The number of esters is 1. The zero-order chi connectivity index (χ0) is 15.1. The van der Waals surface area contributed by atoms with E-state index in [2.05, 4.69) is 22.0 Å². The third kappa shape index (κ3) is 5.04. The van der Waals surface area contributed by atoms with Gasteiger partial charge in [0.2, 0.25) is 0 Å². The van der Waals surface area contributed by atoms with E-state index in [-0.39, 0.29) is 5.97 Å². The van der Waals surface area contributed by atoms with Crippen molar-refractivity contribution in [3.05, 3.63) is 18.0 Å². The Bertz CT molecular complexity index is 444. The van der Waals surface area contributed by atoms with Crippen molar-refractivity contribution in [1.82, 2.24) is 9.78 Å². The summed E-state index contributed by atoms with van der Waals surface area (Å²) in [5.41, 5.74) is 6.87. The van der Waals surface area contributed by atoms with Crippen LogP contribution in [0.15, 0.2) is 12.3 Å². The van der Waals surface area contributed by atoms with E-state index < -0.39 is 6.04 Å². The molecule has 1 heterocycles. The second kappa shape index (κ2) is 8.44. The monoisotopic (exact) mass is 311 g/mol. The summed E-state index contributed by atoms with van der Waals surface area (Å²) in [5.74, 6) is 1.41. The van der Waals surface area contributed by atoms with Gasteiger partial charge in [-0.2, -0.15) is 16.9 Å². The minimum Gasteiger partial charge on any atom is -0.465 e. The number of ether oxygens (including phenoxy) is 1. The molecule has 0 aromatic carbocycles. The van der Waals surface area contributed by atoms with Gasteiger partial charge in [-0.15, -0.1) is 0 Å². The number of nitrogens with zero attached hydrogens (tertiary/aromatic N) is 2. The van der Waals surface area contributed by atoms with Crippen molar-refractivity contribution in [2.75, 3.05) is 12.4 Å². The van der Waals surface area contributed by atoms with Crippen LogP contribution >= 0.6 is 11.8 Å². The molecule has 5 nitrogen and oxygen atoms in total. The molecule has 1 unspecified atom stereocenters. The van der Waals surface area contributed by atoms with Gasteiger partial charge >= 0.3 is 5.97 Å². The fourth-order valence-electron chi connectivity index (χ4n) is 2.58. The van der Waals surface area contributed by atoms with Gasteiger partial charge in [0, 0.05) is 11.9 Å². The van der Waals surface area contributed by atoms with Crippen molar-refractivity contribution in [3.8, 4) is 0 Å². The van der Waals surface area contributed by atoms with Crippen LogP contribution in [0.25, 0.3) is 0 Å². The summed E-state index contributed by atoms with van der Waals surface area (Å²) in [4.78, 5) is 11.4. The third-order valence-electron chi connectivity index (χ3n) is 3.77. The van der Waals surface area contributed by atoms with Gasteiger partial charge in [0.15, 0.2) is 0 Å². The normalized spacial score (nSPS) is 17.0. The summed E-state index contributed by atoms with van der Waals surface area (Å²) >= 11 is 1.76. The highest BCUT2D eigenvalue weighted by Crippen LogP contribution is 2.29. The average molecular weight is 311 g/mol.